The van der Waals surface area contributed by atoms with Crippen molar-refractivity contribution in [3.8, 4) is 0 Å². The van der Waals surface area contributed by atoms with E-state index in [9.17, 15) is 4.79 Å². The number of hydrogen-bond acceptors (Lipinski definition) is 10. The minimum atomic E-state index is -0.260. The van der Waals surface area contributed by atoms with Crippen LogP contribution >= 0.6 is 12.6 Å². The summed E-state index contributed by atoms with van der Waals surface area (Å²) >= 11 is 4.13. The van der Waals surface area contributed by atoms with Crippen LogP contribution in [-0.2, 0) is 4.79 Å². The van der Waals surface area contributed by atoms with Gasteiger partial charge in [-0.05, 0) is 58.3 Å². The van der Waals surface area contributed by atoms with Crippen LogP contribution in [0.4, 0.5) is 0 Å². The van der Waals surface area contributed by atoms with Crippen LogP contribution in [0.3, 0.4) is 0 Å². The van der Waals surface area contributed by atoms with E-state index < -0.39 is 0 Å². The highest BCUT2D eigenvalue weighted by Crippen LogP contribution is 1.96. The number of primary amides is 1. The highest BCUT2D eigenvalue weighted by molar-refractivity contribution is 7.80. The van der Waals surface area contributed by atoms with Gasteiger partial charge in [-0.1, -0.05) is 19.8 Å². The van der Waals surface area contributed by atoms with Crippen molar-refractivity contribution in [1.29, 1.82) is 0 Å². The first-order valence-electron chi connectivity index (χ1n) is 14.3. The zero-order valence-corrected chi connectivity index (χ0v) is 24.0. The SMILES string of the molecule is CCCCNCCCC(NCCNCCNCCNCCNCCNCCCCCNCS)C(N)=O. The Hall–Kier alpha value is -0.500. The third-order valence-corrected chi connectivity index (χ3v) is 6.05. The van der Waals surface area contributed by atoms with Gasteiger partial charge >= 0.3 is 0 Å². The molecule has 0 aliphatic rings. The lowest BCUT2D eigenvalue weighted by atomic mass is 10.1. The predicted octanol–water partition coefficient (Wildman–Crippen LogP) is -0.805. The number of amides is 1. The Kier molecular flexibility index (Phi) is 30.3. The van der Waals surface area contributed by atoms with Crippen molar-refractivity contribution in [2.45, 2.75) is 57.9 Å². The average Bonchev–Trinajstić information content (AvgIpc) is 2.87. The largest absolute Gasteiger partial charge is 0.368 e. The number of carbonyl (C=O) groups excluding carboxylic acids is 1. The third-order valence-electron chi connectivity index (χ3n) is 5.82. The monoisotopic (exact) mass is 533 g/mol. The summed E-state index contributed by atoms with van der Waals surface area (Å²) in [6.07, 6.45) is 7.87. The summed E-state index contributed by atoms with van der Waals surface area (Å²) in [4.78, 5) is 11.6. The summed E-state index contributed by atoms with van der Waals surface area (Å²) in [7, 11) is 0. The molecule has 36 heavy (non-hydrogen) atoms. The van der Waals surface area contributed by atoms with Gasteiger partial charge in [-0.2, -0.15) is 12.6 Å². The van der Waals surface area contributed by atoms with Gasteiger partial charge in [0.2, 0.25) is 5.91 Å². The summed E-state index contributed by atoms with van der Waals surface area (Å²) in [6, 6.07) is -0.240. The van der Waals surface area contributed by atoms with Gasteiger partial charge in [0.25, 0.3) is 0 Å². The highest BCUT2D eigenvalue weighted by Gasteiger charge is 2.13. The summed E-state index contributed by atoms with van der Waals surface area (Å²) < 4.78 is 0. The van der Waals surface area contributed by atoms with Crippen molar-refractivity contribution < 1.29 is 4.79 Å². The molecule has 0 heterocycles. The fraction of sp³-hybridized carbons (Fsp3) is 0.960. The molecule has 10 nitrogen and oxygen atoms in total. The molecular weight excluding hydrogens is 474 g/mol. The predicted molar refractivity (Wildman–Crippen MR) is 158 cm³/mol. The normalized spacial score (nSPS) is 12.3. The Labute approximate surface area is 227 Å². The van der Waals surface area contributed by atoms with Crippen LogP contribution < -0.4 is 48.3 Å². The van der Waals surface area contributed by atoms with Gasteiger partial charge in [-0.25, -0.2) is 0 Å². The van der Waals surface area contributed by atoms with Gasteiger partial charge in [0.05, 0.1) is 6.04 Å². The molecule has 0 saturated heterocycles. The molecule has 1 unspecified atom stereocenters. The number of thiol groups is 1. The Morgan fingerprint density at radius 1 is 0.583 bits per heavy atom. The van der Waals surface area contributed by atoms with Crippen LogP contribution in [-0.4, -0.2) is 109 Å². The second-order valence-electron chi connectivity index (χ2n) is 9.12. The van der Waals surface area contributed by atoms with E-state index in [2.05, 4.69) is 62.1 Å². The van der Waals surface area contributed by atoms with Crippen molar-refractivity contribution in [3.63, 3.8) is 0 Å². The smallest absolute Gasteiger partial charge is 0.234 e. The van der Waals surface area contributed by atoms with Crippen LogP contribution in [0.2, 0.25) is 0 Å². The lowest BCUT2D eigenvalue weighted by molar-refractivity contribution is -0.120. The quantitative estimate of drug-likeness (QED) is 0.0315. The number of unbranched alkanes of at least 4 members (excludes halogenated alkanes) is 3. The van der Waals surface area contributed by atoms with Crippen molar-refractivity contribution in [2.75, 3.05) is 97.5 Å². The Morgan fingerprint density at radius 2 is 1.00 bits per heavy atom. The number of nitrogens with two attached hydrogens (primary N) is 1. The maximum Gasteiger partial charge on any atom is 0.234 e. The standard InChI is InChI=1S/C25H59N9OS/c1-2-3-9-27-12-7-8-24(25(26)35)34-22-21-32-20-19-31-18-17-30-16-15-29-14-13-28-10-5-4-6-11-33-23-36/h24,27-34,36H,2-23H2,1H3,(H2,26,35). The molecule has 0 aromatic rings. The van der Waals surface area contributed by atoms with Crippen molar-refractivity contribution in [1.82, 2.24) is 42.5 Å². The molecule has 1 atom stereocenters. The molecule has 0 saturated carbocycles. The van der Waals surface area contributed by atoms with E-state index in [1.165, 1.54) is 32.1 Å². The summed E-state index contributed by atoms with van der Waals surface area (Å²) in [6.45, 7) is 15.7. The van der Waals surface area contributed by atoms with Gasteiger partial charge in [0.1, 0.15) is 0 Å². The van der Waals surface area contributed by atoms with E-state index >= 15 is 0 Å². The summed E-state index contributed by atoms with van der Waals surface area (Å²) in [5.41, 5.74) is 5.52. The maximum absolute atomic E-state index is 11.6. The first kappa shape index (κ1) is 35.5. The number of carbonyl (C=O) groups is 1. The van der Waals surface area contributed by atoms with Crippen LogP contribution in [0, 0.1) is 0 Å². The Bertz CT molecular complexity index is 450. The molecule has 11 heteroatoms. The highest BCUT2D eigenvalue weighted by atomic mass is 32.1. The molecule has 0 aliphatic carbocycles. The lowest BCUT2D eigenvalue weighted by Crippen LogP contribution is -2.44. The zero-order chi connectivity index (χ0) is 26.4. The lowest BCUT2D eigenvalue weighted by Gasteiger charge is -2.16. The van der Waals surface area contributed by atoms with Crippen LogP contribution in [0.15, 0.2) is 0 Å². The maximum atomic E-state index is 11.6. The second kappa shape index (κ2) is 30.7. The van der Waals surface area contributed by atoms with E-state index in [4.69, 9.17) is 5.73 Å². The topological polar surface area (TPSA) is 139 Å². The van der Waals surface area contributed by atoms with E-state index in [0.29, 0.717) is 0 Å². The zero-order valence-electron chi connectivity index (χ0n) is 23.1. The molecule has 1 amide bonds. The fourth-order valence-corrected chi connectivity index (χ4v) is 3.78. The van der Waals surface area contributed by atoms with Gasteiger partial charge in [-0.3, -0.25) is 4.79 Å². The molecule has 0 radical (unpaired) electrons. The molecule has 216 valence electrons. The summed E-state index contributed by atoms with van der Waals surface area (Å²) in [5, 5.41) is 27.1. The van der Waals surface area contributed by atoms with E-state index in [1.807, 2.05) is 0 Å². The minimum Gasteiger partial charge on any atom is -0.368 e. The number of nitrogens with one attached hydrogen (secondary N) is 8. The Morgan fingerprint density at radius 3 is 1.50 bits per heavy atom. The number of hydrogen-bond donors (Lipinski definition) is 10. The van der Waals surface area contributed by atoms with Crippen molar-refractivity contribution in [3.05, 3.63) is 0 Å². The molecule has 0 aromatic heterocycles. The number of rotatable bonds is 31. The molecule has 0 fully saturated rings. The molecule has 0 bridgehead atoms. The third kappa shape index (κ3) is 28.1. The van der Waals surface area contributed by atoms with Crippen molar-refractivity contribution in [2.24, 2.45) is 5.73 Å². The molecule has 10 N–H and O–H groups in total. The molecule has 0 aromatic carbocycles. The second-order valence-corrected chi connectivity index (χ2v) is 9.44. The van der Waals surface area contributed by atoms with Crippen molar-refractivity contribution >= 4 is 18.5 Å². The average molecular weight is 534 g/mol. The molecule has 0 spiro atoms. The first-order valence-corrected chi connectivity index (χ1v) is 14.9. The van der Waals surface area contributed by atoms with E-state index in [1.54, 1.807) is 0 Å². The fourth-order valence-electron chi connectivity index (χ4n) is 3.63. The van der Waals surface area contributed by atoms with Crippen LogP contribution in [0.25, 0.3) is 0 Å². The Balaban J connectivity index is 3.27. The molecule has 0 aliphatic heterocycles. The van der Waals surface area contributed by atoms with Crippen LogP contribution in [0.5, 0.6) is 0 Å². The molecule has 0 rings (SSSR count). The summed E-state index contributed by atoms with van der Waals surface area (Å²) in [5.74, 6) is 0.509. The minimum absolute atomic E-state index is 0.240. The van der Waals surface area contributed by atoms with Gasteiger partial charge in [-0.15, -0.1) is 0 Å². The first-order chi connectivity index (χ1) is 17.7. The molecular formula is C25H59N9OS. The van der Waals surface area contributed by atoms with Gasteiger partial charge in [0.15, 0.2) is 0 Å². The van der Waals surface area contributed by atoms with E-state index in [0.717, 1.165) is 110 Å². The van der Waals surface area contributed by atoms with E-state index in [-0.39, 0.29) is 11.9 Å². The van der Waals surface area contributed by atoms with Gasteiger partial charge < -0.3 is 48.3 Å². The van der Waals surface area contributed by atoms with Crippen LogP contribution in [0.1, 0.15) is 51.9 Å². The van der Waals surface area contributed by atoms with Gasteiger partial charge in [0, 0.05) is 71.3 Å².